The summed E-state index contributed by atoms with van der Waals surface area (Å²) >= 11 is 0. The summed E-state index contributed by atoms with van der Waals surface area (Å²) in [4.78, 5) is 4.53. The van der Waals surface area contributed by atoms with Gasteiger partial charge in [0.05, 0.1) is 0 Å². The van der Waals surface area contributed by atoms with Gasteiger partial charge in [0, 0.05) is 34.2 Å². The van der Waals surface area contributed by atoms with Gasteiger partial charge in [-0.2, -0.15) is 0 Å². The van der Waals surface area contributed by atoms with E-state index in [1.54, 1.807) is 6.07 Å². The zero-order valence-corrected chi connectivity index (χ0v) is 16.8. The molecule has 0 saturated heterocycles. The zero-order chi connectivity index (χ0) is 21.2. The summed E-state index contributed by atoms with van der Waals surface area (Å²) in [6, 6.07) is 25.3. The number of pyridine rings is 1. The van der Waals surface area contributed by atoms with Crippen molar-refractivity contribution in [2.24, 2.45) is 5.16 Å². The number of fused-ring (bicyclic) bond motifs is 2. The highest BCUT2D eigenvalue weighted by Gasteiger charge is 2.10. The Labute approximate surface area is 179 Å². The Morgan fingerprint density at radius 1 is 0.871 bits per heavy atom. The molecule has 5 aromatic rings. The molecule has 2 aromatic heterocycles. The van der Waals surface area contributed by atoms with Gasteiger partial charge in [0.2, 0.25) is 0 Å². The Kier molecular flexibility index (Phi) is 4.70. The molecule has 0 aliphatic rings. The number of aromatic nitrogens is 1. The second kappa shape index (κ2) is 7.81. The van der Waals surface area contributed by atoms with Gasteiger partial charge in [-0.25, -0.2) is 0 Å². The van der Waals surface area contributed by atoms with Crippen LogP contribution in [0.3, 0.4) is 0 Å². The first-order valence-electron chi connectivity index (χ1n) is 9.90. The van der Waals surface area contributed by atoms with E-state index in [0.717, 1.165) is 32.8 Å². The summed E-state index contributed by atoms with van der Waals surface area (Å²) in [6.07, 6.45) is 1.81. The predicted octanol–water partition coefficient (Wildman–Crippen LogP) is 5.65. The van der Waals surface area contributed by atoms with Crippen LogP contribution >= 0.6 is 0 Å². The Hall–Kier alpha value is -4.36. The molecular weight excluding hydrogens is 384 g/mol. The second-order valence-electron chi connectivity index (χ2n) is 7.29. The van der Waals surface area contributed by atoms with Crippen molar-refractivity contribution in [3.63, 3.8) is 0 Å². The van der Waals surface area contributed by atoms with Gasteiger partial charge in [0.1, 0.15) is 16.6 Å². The van der Waals surface area contributed by atoms with E-state index in [1.807, 2.05) is 85.9 Å². The molecule has 0 bridgehead atoms. The molecule has 2 heterocycles. The van der Waals surface area contributed by atoms with Gasteiger partial charge < -0.3 is 9.62 Å². The molecule has 3 aromatic carbocycles. The molecule has 4 nitrogen and oxygen atoms in total. The van der Waals surface area contributed by atoms with Crippen LogP contribution in [-0.4, -0.2) is 10.2 Å². The van der Waals surface area contributed by atoms with Crippen molar-refractivity contribution in [1.29, 1.82) is 0 Å². The van der Waals surface area contributed by atoms with Gasteiger partial charge in [-0.1, -0.05) is 59.5 Å². The average molecular weight is 402 g/mol. The van der Waals surface area contributed by atoms with Crippen LogP contribution in [0.4, 0.5) is 0 Å². The summed E-state index contributed by atoms with van der Waals surface area (Å²) in [5, 5.41) is 16.4. The topological polar surface area (TPSA) is 58.6 Å². The van der Waals surface area contributed by atoms with Crippen LogP contribution in [0.5, 0.6) is 0 Å². The summed E-state index contributed by atoms with van der Waals surface area (Å²) in [5.41, 5.74) is 4.03. The third kappa shape index (κ3) is 3.65. The average Bonchev–Trinajstić information content (AvgIpc) is 2.82. The molecule has 4 heteroatoms. The number of rotatable bonds is 1. The molecule has 31 heavy (non-hydrogen) atoms. The SMILES string of the molecule is Cc1cc2/c(=N\O)cc(-c3cc4ccccc4cn3)oc2cc1C#Cc1ccccc1. The predicted molar refractivity (Wildman–Crippen MR) is 121 cm³/mol. The quantitative estimate of drug-likeness (QED) is 0.224. The van der Waals surface area contributed by atoms with Crippen molar-refractivity contribution in [2.45, 2.75) is 6.92 Å². The van der Waals surface area contributed by atoms with E-state index in [0.29, 0.717) is 22.4 Å². The molecule has 0 aliphatic heterocycles. The van der Waals surface area contributed by atoms with Crippen LogP contribution in [-0.2, 0) is 0 Å². The van der Waals surface area contributed by atoms with Gasteiger partial charge in [0.15, 0.2) is 5.76 Å². The molecule has 0 unspecified atom stereocenters. The Morgan fingerprint density at radius 3 is 2.45 bits per heavy atom. The molecular formula is C27H18N2O2. The molecule has 0 atom stereocenters. The number of aryl methyl sites for hydroxylation is 1. The van der Waals surface area contributed by atoms with Crippen molar-refractivity contribution in [1.82, 2.24) is 4.98 Å². The van der Waals surface area contributed by atoms with Crippen molar-refractivity contribution in [3.05, 3.63) is 107 Å². The molecule has 148 valence electrons. The van der Waals surface area contributed by atoms with Gasteiger partial charge in [-0.15, -0.1) is 0 Å². The van der Waals surface area contributed by atoms with Crippen LogP contribution in [0.25, 0.3) is 33.2 Å². The van der Waals surface area contributed by atoms with Crippen molar-refractivity contribution in [3.8, 4) is 23.3 Å². The Balaban J connectivity index is 1.67. The first-order valence-corrected chi connectivity index (χ1v) is 9.90. The lowest BCUT2D eigenvalue weighted by Crippen LogP contribution is -2.04. The summed E-state index contributed by atoms with van der Waals surface area (Å²) in [7, 11) is 0. The normalized spacial score (nSPS) is 11.5. The molecule has 1 N–H and O–H groups in total. The minimum Gasteiger partial charge on any atom is -0.454 e. The van der Waals surface area contributed by atoms with Gasteiger partial charge in [-0.3, -0.25) is 4.98 Å². The molecule has 0 fully saturated rings. The highest BCUT2D eigenvalue weighted by Crippen LogP contribution is 2.25. The van der Waals surface area contributed by atoms with Crippen LogP contribution in [0.1, 0.15) is 16.7 Å². The molecule has 0 radical (unpaired) electrons. The fourth-order valence-corrected chi connectivity index (χ4v) is 3.55. The van der Waals surface area contributed by atoms with Gasteiger partial charge in [0.25, 0.3) is 0 Å². The first kappa shape index (κ1) is 18.7. The summed E-state index contributed by atoms with van der Waals surface area (Å²) in [5.74, 6) is 6.93. The summed E-state index contributed by atoms with van der Waals surface area (Å²) in [6.45, 7) is 1.98. The van der Waals surface area contributed by atoms with Crippen LogP contribution in [0, 0.1) is 18.8 Å². The highest BCUT2D eigenvalue weighted by molar-refractivity contribution is 5.86. The van der Waals surface area contributed by atoms with E-state index < -0.39 is 0 Å². The van der Waals surface area contributed by atoms with Crippen LogP contribution in [0.2, 0.25) is 0 Å². The zero-order valence-electron chi connectivity index (χ0n) is 16.8. The van der Waals surface area contributed by atoms with E-state index in [1.165, 1.54) is 0 Å². The van der Waals surface area contributed by atoms with Crippen molar-refractivity contribution < 1.29 is 9.62 Å². The van der Waals surface area contributed by atoms with E-state index in [4.69, 9.17) is 4.42 Å². The molecule has 0 saturated carbocycles. The molecule has 0 aliphatic carbocycles. The third-order valence-electron chi connectivity index (χ3n) is 5.20. The summed E-state index contributed by atoms with van der Waals surface area (Å²) < 4.78 is 6.19. The Morgan fingerprint density at radius 2 is 1.65 bits per heavy atom. The smallest absolute Gasteiger partial charge is 0.155 e. The van der Waals surface area contributed by atoms with Crippen LogP contribution < -0.4 is 5.36 Å². The van der Waals surface area contributed by atoms with E-state index in [9.17, 15) is 5.21 Å². The number of benzene rings is 3. The first-order chi connectivity index (χ1) is 15.2. The Bertz CT molecular complexity index is 1560. The fourth-order valence-electron chi connectivity index (χ4n) is 3.55. The minimum atomic E-state index is 0.428. The molecule has 0 amide bonds. The minimum absolute atomic E-state index is 0.428. The van der Waals surface area contributed by atoms with E-state index in [-0.39, 0.29) is 0 Å². The largest absolute Gasteiger partial charge is 0.454 e. The highest BCUT2D eigenvalue weighted by atomic mass is 16.4. The monoisotopic (exact) mass is 402 g/mol. The maximum atomic E-state index is 9.63. The maximum Gasteiger partial charge on any atom is 0.155 e. The second-order valence-corrected chi connectivity index (χ2v) is 7.29. The lowest BCUT2D eigenvalue weighted by Gasteiger charge is -2.07. The lowest BCUT2D eigenvalue weighted by molar-refractivity contribution is 0.302. The van der Waals surface area contributed by atoms with E-state index >= 15 is 0 Å². The lowest BCUT2D eigenvalue weighted by atomic mass is 10.0. The number of hydrogen-bond acceptors (Lipinski definition) is 4. The van der Waals surface area contributed by atoms with E-state index in [2.05, 4.69) is 22.0 Å². The van der Waals surface area contributed by atoms with Gasteiger partial charge >= 0.3 is 0 Å². The third-order valence-corrected chi connectivity index (χ3v) is 5.20. The number of nitrogens with zero attached hydrogens (tertiary/aromatic N) is 2. The number of hydrogen-bond donors (Lipinski definition) is 1. The van der Waals surface area contributed by atoms with Crippen molar-refractivity contribution in [2.75, 3.05) is 0 Å². The molecule has 5 rings (SSSR count). The van der Waals surface area contributed by atoms with Crippen molar-refractivity contribution >= 4 is 21.7 Å². The van der Waals surface area contributed by atoms with Gasteiger partial charge in [-0.05, 0) is 48.2 Å². The standard InChI is InChI=1S/C27H18N2O2/c1-18-13-23-24(29-30)16-27(25-14-21-9-5-6-10-22(21)17-28-25)31-26(23)15-20(18)12-11-19-7-3-2-4-8-19/h2-10,13-17,30H,1H3/b29-24-. The van der Waals surface area contributed by atoms with Crippen LogP contribution in [0.15, 0.2) is 94.6 Å². The maximum absolute atomic E-state index is 9.63. The fraction of sp³-hybridized carbons (Fsp3) is 0.0370. The molecule has 0 spiro atoms.